The van der Waals surface area contributed by atoms with Crippen LogP contribution in [0.15, 0.2) is 0 Å². The molecule has 18 heavy (non-hydrogen) atoms. The third-order valence-corrected chi connectivity index (χ3v) is 4.38. The summed E-state index contributed by atoms with van der Waals surface area (Å²) < 4.78 is 0. The van der Waals surface area contributed by atoms with Gasteiger partial charge in [-0.2, -0.15) is 0 Å². The lowest BCUT2D eigenvalue weighted by Gasteiger charge is -2.26. The van der Waals surface area contributed by atoms with Gasteiger partial charge in [-0.25, -0.2) is 0 Å². The molecule has 0 bridgehead atoms. The molecule has 5 heteroatoms. The van der Waals surface area contributed by atoms with Crippen LogP contribution in [0.4, 0.5) is 0 Å². The summed E-state index contributed by atoms with van der Waals surface area (Å²) in [5.41, 5.74) is 5.69. The van der Waals surface area contributed by atoms with E-state index in [0.29, 0.717) is 12.3 Å². The fourth-order valence-corrected chi connectivity index (χ4v) is 3.51. The lowest BCUT2D eigenvalue weighted by Crippen LogP contribution is -2.47. The van der Waals surface area contributed by atoms with E-state index in [1.807, 2.05) is 6.92 Å². The highest BCUT2D eigenvalue weighted by Gasteiger charge is 2.53. The van der Waals surface area contributed by atoms with E-state index < -0.39 is 0 Å². The van der Waals surface area contributed by atoms with E-state index in [1.165, 1.54) is 4.90 Å². The molecule has 0 aromatic heterocycles. The van der Waals surface area contributed by atoms with Crippen molar-refractivity contribution in [3.05, 3.63) is 0 Å². The van der Waals surface area contributed by atoms with Crippen molar-refractivity contribution in [3.8, 4) is 0 Å². The van der Waals surface area contributed by atoms with Gasteiger partial charge in [-0.1, -0.05) is 32.5 Å². The lowest BCUT2D eigenvalue weighted by molar-refractivity contribution is -0.141. The Morgan fingerprint density at radius 2 is 1.89 bits per heavy atom. The summed E-state index contributed by atoms with van der Waals surface area (Å²) in [6.07, 6.45) is 3.16. The van der Waals surface area contributed by atoms with Gasteiger partial charge in [0.25, 0.3) is 0 Å². The number of imide groups is 1. The molecular formula is C13H20N2O2S. The maximum atomic E-state index is 12.4. The van der Waals surface area contributed by atoms with Crippen LogP contribution in [0.3, 0.4) is 0 Å². The van der Waals surface area contributed by atoms with E-state index in [1.54, 1.807) is 0 Å². The molecule has 2 amide bonds. The number of rotatable bonds is 4. The van der Waals surface area contributed by atoms with E-state index in [4.69, 9.17) is 18.0 Å². The van der Waals surface area contributed by atoms with Crippen molar-refractivity contribution in [3.63, 3.8) is 0 Å². The summed E-state index contributed by atoms with van der Waals surface area (Å²) in [4.78, 5) is 26.3. The Balaban J connectivity index is 2.22. The molecule has 0 spiro atoms. The van der Waals surface area contributed by atoms with E-state index in [2.05, 4.69) is 6.92 Å². The average Bonchev–Trinajstić information content (AvgIpc) is 2.77. The topological polar surface area (TPSA) is 63.4 Å². The van der Waals surface area contributed by atoms with Crippen molar-refractivity contribution in [2.45, 2.75) is 45.6 Å². The molecule has 100 valence electrons. The standard InChI is InChI=1S/C13H20N2O2S/c1-3-4-10(11(14)18)15-12(16)8-5-7(2)6-9(8)13(15)17/h7-10H,3-6H2,1-2H3,(H2,14,18). The molecule has 1 aliphatic heterocycles. The molecule has 1 aliphatic carbocycles. The predicted molar refractivity (Wildman–Crippen MR) is 72.7 cm³/mol. The van der Waals surface area contributed by atoms with Crippen LogP contribution in [-0.4, -0.2) is 27.7 Å². The monoisotopic (exact) mass is 268 g/mol. The molecule has 3 unspecified atom stereocenters. The quantitative estimate of drug-likeness (QED) is 0.619. The molecule has 0 aromatic rings. The minimum absolute atomic E-state index is 0.0550. The Bertz CT molecular complexity index is 372. The highest BCUT2D eigenvalue weighted by atomic mass is 32.1. The molecule has 2 fully saturated rings. The zero-order valence-electron chi connectivity index (χ0n) is 10.9. The van der Waals surface area contributed by atoms with Crippen LogP contribution in [0.2, 0.25) is 0 Å². The van der Waals surface area contributed by atoms with Crippen LogP contribution in [0.5, 0.6) is 0 Å². The van der Waals surface area contributed by atoms with Crippen LogP contribution in [0.25, 0.3) is 0 Å². The Kier molecular flexibility index (Phi) is 3.71. The van der Waals surface area contributed by atoms with Crippen molar-refractivity contribution in [1.29, 1.82) is 0 Å². The third kappa shape index (κ3) is 2.05. The van der Waals surface area contributed by atoms with Crippen LogP contribution in [-0.2, 0) is 9.59 Å². The van der Waals surface area contributed by atoms with Gasteiger partial charge < -0.3 is 5.73 Å². The molecule has 1 heterocycles. The smallest absolute Gasteiger partial charge is 0.233 e. The van der Waals surface area contributed by atoms with Gasteiger partial charge in [0.1, 0.15) is 0 Å². The van der Waals surface area contributed by atoms with Crippen LogP contribution in [0.1, 0.15) is 39.5 Å². The van der Waals surface area contributed by atoms with E-state index >= 15 is 0 Å². The zero-order valence-corrected chi connectivity index (χ0v) is 11.7. The van der Waals surface area contributed by atoms with E-state index in [-0.39, 0.29) is 34.7 Å². The number of amides is 2. The molecule has 2 N–H and O–H groups in total. The Morgan fingerprint density at radius 3 is 2.28 bits per heavy atom. The van der Waals surface area contributed by atoms with Gasteiger partial charge in [-0.15, -0.1) is 0 Å². The first-order valence-electron chi connectivity index (χ1n) is 6.63. The Labute approximate surface area is 113 Å². The maximum absolute atomic E-state index is 12.4. The molecule has 0 aromatic carbocycles. The molecule has 2 aliphatic rings. The summed E-state index contributed by atoms with van der Waals surface area (Å²) in [5.74, 6) is 0.105. The number of carbonyl (C=O) groups excluding carboxylic acids is 2. The molecular weight excluding hydrogens is 248 g/mol. The highest BCUT2D eigenvalue weighted by molar-refractivity contribution is 7.80. The van der Waals surface area contributed by atoms with Crippen LogP contribution >= 0.6 is 12.2 Å². The van der Waals surface area contributed by atoms with Crippen molar-refractivity contribution < 1.29 is 9.59 Å². The summed E-state index contributed by atoms with van der Waals surface area (Å²) in [6, 6.07) is -0.383. The van der Waals surface area contributed by atoms with Gasteiger partial charge in [-0.3, -0.25) is 14.5 Å². The third-order valence-electron chi connectivity index (χ3n) is 4.11. The van der Waals surface area contributed by atoms with Crippen molar-refractivity contribution >= 4 is 29.0 Å². The number of hydrogen-bond acceptors (Lipinski definition) is 3. The average molecular weight is 268 g/mol. The fraction of sp³-hybridized carbons (Fsp3) is 0.769. The largest absolute Gasteiger partial charge is 0.392 e. The molecule has 4 nitrogen and oxygen atoms in total. The normalized spacial score (nSPS) is 32.8. The van der Waals surface area contributed by atoms with Crippen LogP contribution in [0, 0.1) is 17.8 Å². The summed E-state index contributed by atoms with van der Waals surface area (Å²) in [6.45, 7) is 4.10. The first-order valence-corrected chi connectivity index (χ1v) is 7.04. The number of carbonyl (C=O) groups is 2. The SMILES string of the molecule is CCCC(C(N)=S)N1C(=O)C2CC(C)CC2C1=O. The van der Waals surface area contributed by atoms with Crippen molar-refractivity contribution in [1.82, 2.24) is 4.90 Å². The molecule has 0 radical (unpaired) electrons. The second kappa shape index (κ2) is 4.96. The lowest BCUT2D eigenvalue weighted by atomic mass is 10.00. The van der Waals surface area contributed by atoms with Gasteiger partial charge >= 0.3 is 0 Å². The van der Waals surface area contributed by atoms with E-state index in [0.717, 1.165) is 19.3 Å². The second-order valence-electron chi connectivity index (χ2n) is 5.54. The van der Waals surface area contributed by atoms with Crippen molar-refractivity contribution in [2.75, 3.05) is 0 Å². The van der Waals surface area contributed by atoms with Crippen LogP contribution < -0.4 is 5.73 Å². The number of likely N-dealkylation sites (tertiary alicyclic amines) is 1. The van der Waals surface area contributed by atoms with Gasteiger partial charge in [0, 0.05) is 0 Å². The molecule has 1 saturated heterocycles. The van der Waals surface area contributed by atoms with E-state index in [9.17, 15) is 9.59 Å². The van der Waals surface area contributed by atoms with Crippen molar-refractivity contribution in [2.24, 2.45) is 23.5 Å². The summed E-state index contributed by atoms with van der Waals surface area (Å²) >= 11 is 5.01. The first-order chi connectivity index (χ1) is 8.47. The van der Waals surface area contributed by atoms with Gasteiger partial charge in [0.05, 0.1) is 22.9 Å². The Hall–Kier alpha value is -0.970. The fourth-order valence-electron chi connectivity index (χ4n) is 3.28. The molecule has 1 saturated carbocycles. The summed E-state index contributed by atoms with van der Waals surface area (Å²) in [7, 11) is 0. The number of nitrogens with zero attached hydrogens (tertiary/aromatic N) is 1. The van der Waals surface area contributed by atoms with Gasteiger partial charge in [0.15, 0.2) is 0 Å². The van der Waals surface area contributed by atoms with Gasteiger partial charge in [-0.05, 0) is 25.2 Å². The number of fused-ring (bicyclic) bond motifs is 1. The zero-order chi connectivity index (χ0) is 13.4. The molecule has 2 rings (SSSR count). The number of hydrogen-bond donors (Lipinski definition) is 1. The second-order valence-corrected chi connectivity index (χ2v) is 6.01. The minimum Gasteiger partial charge on any atom is -0.392 e. The highest BCUT2D eigenvalue weighted by Crippen LogP contribution is 2.43. The number of nitrogens with two attached hydrogens (primary N) is 1. The number of thiocarbonyl (C=S) groups is 1. The first kappa shape index (κ1) is 13.5. The summed E-state index contributed by atoms with van der Waals surface area (Å²) in [5, 5.41) is 0. The van der Waals surface area contributed by atoms with Gasteiger partial charge in [0.2, 0.25) is 11.8 Å². The molecule has 3 atom stereocenters. The Morgan fingerprint density at radius 1 is 1.39 bits per heavy atom. The predicted octanol–water partition coefficient (Wildman–Crippen LogP) is 1.47. The maximum Gasteiger partial charge on any atom is 0.233 e. The minimum atomic E-state index is -0.383.